The Morgan fingerprint density at radius 3 is 2.50 bits per heavy atom. The predicted octanol–water partition coefficient (Wildman–Crippen LogP) is 2.94. The largest absolute Gasteiger partial charge is 0.487 e. The minimum Gasteiger partial charge on any atom is -0.487 e. The van der Waals surface area contributed by atoms with Crippen LogP contribution in [0.1, 0.15) is 50.4 Å². The van der Waals surface area contributed by atoms with Crippen molar-refractivity contribution in [1.82, 2.24) is 4.90 Å². The summed E-state index contributed by atoms with van der Waals surface area (Å²) < 4.78 is 10.3. The van der Waals surface area contributed by atoms with Gasteiger partial charge in [0, 0.05) is 18.2 Å². The molecule has 0 aliphatic carbocycles. The summed E-state index contributed by atoms with van der Waals surface area (Å²) in [6, 6.07) is 4.06. The van der Waals surface area contributed by atoms with Crippen LogP contribution < -0.4 is 4.74 Å². The summed E-state index contributed by atoms with van der Waals surface area (Å²) in [5.74, 6) is -0.943. The van der Waals surface area contributed by atoms with Crippen molar-refractivity contribution in [3.63, 3.8) is 0 Å². The summed E-state index contributed by atoms with van der Waals surface area (Å²) >= 11 is 0. The molecule has 1 amide bonds. The average Bonchev–Trinajstić information content (AvgIpc) is 2.60. The lowest BCUT2D eigenvalue weighted by atomic mass is 9.97. The van der Waals surface area contributed by atoms with Gasteiger partial charge in [-0.05, 0) is 52.2 Å². The first-order valence-electron chi connectivity index (χ1n) is 8.74. The quantitative estimate of drug-likeness (QED) is 0.437. The van der Waals surface area contributed by atoms with Crippen LogP contribution in [0.2, 0.25) is 0 Å². The van der Waals surface area contributed by atoms with Gasteiger partial charge < -0.3 is 14.4 Å². The Morgan fingerprint density at radius 2 is 1.92 bits per heavy atom. The highest BCUT2D eigenvalue weighted by atomic mass is 16.6. The molecule has 0 bridgehead atoms. The number of piperidine rings is 1. The van der Waals surface area contributed by atoms with E-state index in [4.69, 9.17) is 9.47 Å². The van der Waals surface area contributed by atoms with Gasteiger partial charge in [-0.1, -0.05) is 0 Å². The molecule has 0 saturated carbocycles. The zero-order chi connectivity index (χ0) is 19.3. The molecule has 2 atom stereocenters. The Morgan fingerprint density at radius 1 is 1.27 bits per heavy atom. The van der Waals surface area contributed by atoms with E-state index in [0.29, 0.717) is 0 Å². The molecule has 0 radical (unpaired) electrons. The van der Waals surface area contributed by atoms with Crippen molar-refractivity contribution in [3.05, 3.63) is 33.9 Å². The Kier molecular flexibility index (Phi) is 6.54. The smallest absolute Gasteiger partial charge is 0.338 e. The predicted molar refractivity (Wildman–Crippen MR) is 94.2 cm³/mol. The summed E-state index contributed by atoms with van der Waals surface area (Å²) in [6.45, 7) is 5.55. The zero-order valence-electron chi connectivity index (χ0n) is 15.3. The molecule has 0 aromatic heterocycles. The van der Waals surface area contributed by atoms with Crippen LogP contribution in [0.3, 0.4) is 0 Å². The Balaban J connectivity index is 2.04. The first-order chi connectivity index (χ1) is 12.3. The molecule has 0 N–H and O–H groups in total. The lowest BCUT2D eigenvalue weighted by Gasteiger charge is -2.38. The molecule has 0 unspecified atom stereocenters. The molecule has 1 heterocycles. The van der Waals surface area contributed by atoms with Gasteiger partial charge in [0.25, 0.3) is 5.91 Å². The van der Waals surface area contributed by atoms with Gasteiger partial charge in [-0.3, -0.25) is 14.9 Å². The van der Waals surface area contributed by atoms with Crippen LogP contribution in [0.4, 0.5) is 5.69 Å². The van der Waals surface area contributed by atoms with E-state index in [1.54, 1.807) is 11.8 Å². The third-order valence-electron chi connectivity index (χ3n) is 4.50. The second kappa shape index (κ2) is 8.64. The Labute approximate surface area is 152 Å². The van der Waals surface area contributed by atoms with Crippen molar-refractivity contribution in [2.75, 3.05) is 13.2 Å². The number of hydrogen-bond donors (Lipinski definition) is 0. The first kappa shape index (κ1) is 19.7. The molecular weight excluding hydrogens is 340 g/mol. The number of hydrogen-bond acceptors (Lipinski definition) is 6. The molecular formula is C18H24N2O6. The molecule has 1 aliphatic heterocycles. The fourth-order valence-electron chi connectivity index (χ4n) is 3.26. The van der Waals surface area contributed by atoms with Crippen molar-refractivity contribution < 1.29 is 24.0 Å². The zero-order valence-corrected chi connectivity index (χ0v) is 15.3. The first-order valence-corrected chi connectivity index (χ1v) is 8.74. The van der Waals surface area contributed by atoms with Gasteiger partial charge in [0.15, 0.2) is 12.4 Å². The van der Waals surface area contributed by atoms with E-state index >= 15 is 0 Å². The summed E-state index contributed by atoms with van der Waals surface area (Å²) in [4.78, 5) is 36.8. The Hall–Kier alpha value is -2.64. The van der Waals surface area contributed by atoms with Crippen molar-refractivity contribution in [2.24, 2.45) is 0 Å². The number of benzene rings is 1. The van der Waals surface area contributed by atoms with E-state index < -0.39 is 10.9 Å². The number of nitrogens with zero attached hydrogens (tertiary/aromatic N) is 2. The molecule has 0 spiro atoms. The maximum absolute atomic E-state index is 12.4. The molecule has 1 saturated heterocycles. The van der Waals surface area contributed by atoms with Gasteiger partial charge in [-0.15, -0.1) is 0 Å². The number of nitro groups is 1. The normalized spacial score (nSPS) is 19.7. The monoisotopic (exact) mass is 364 g/mol. The molecule has 2 rings (SSSR count). The van der Waals surface area contributed by atoms with Gasteiger partial charge in [-0.2, -0.15) is 0 Å². The number of rotatable bonds is 6. The second-order valence-corrected chi connectivity index (χ2v) is 6.38. The highest BCUT2D eigenvalue weighted by molar-refractivity contribution is 5.92. The summed E-state index contributed by atoms with van der Waals surface area (Å²) in [7, 11) is 0. The van der Waals surface area contributed by atoms with Crippen molar-refractivity contribution in [2.45, 2.75) is 52.1 Å². The topological polar surface area (TPSA) is 99.0 Å². The van der Waals surface area contributed by atoms with E-state index in [9.17, 15) is 19.7 Å². The van der Waals surface area contributed by atoms with E-state index in [-0.39, 0.29) is 48.2 Å². The highest BCUT2D eigenvalue weighted by Gasteiger charge is 2.29. The van der Waals surface area contributed by atoms with Crippen LogP contribution in [0.5, 0.6) is 5.75 Å². The molecule has 8 heteroatoms. The highest BCUT2D eigenvalue weighted by Crippen LogP contribution is 2.28. The van der Waals surface area contributed by atoms with Crippen molar-refractivity contribution in [1.29, 1.82) is 0 Å². The Bertz CT molecular complexity index is 680. The van der Waals surface area contributed by atoms with Crippen LogP contribution in [0, 0.1) is 10.1 Å². The van der Waals surface area contributed by atoms with Crippen molar-refractivity contribution >= 4 is 17.6 Å². The third kappa shape index (κ3) is 4.50. The number of ether oxygens (including phenoxy) is 2. The molecule has 142 valence electrons. The van der Waals surface area contributed by atoms with Crippen molar-refractivity contribution in [3.8, 4) is 5.75 Å². The fraction of sp³-hybridized carbons (Fsp3) is 0.556. The average molecular weight is 364 g/mol. The van der Waals surface area contributed by atoms with Crippen LogP contribution in [0.15, 0.2) is 18.2 Å². The van der Waals surface area contributed by atoms with Crippen LogP contribution in [-0.2, 0) is 9.53 Å². The molecule has 1 aromatic rings. The number of likely N-dealkylation sites (tertiary alicyclic amines) is 1. The lowest BCUT2D eigenvalue weighted by molar-refractivity contribution is -0.385. The maximum atomic E-state index is 12.4. The minimum atomic E-state index is -0.776. The standard InChI is InChI=1S/C18H24N2O6/c1-4-25-16-9-8-14(10-15(16)20(23)24)18(22)26-11-17(21)19-12(2)6-5-7-13(19)3/h8-10,12-13H,4-7,11H2,1-3H3/t12-,13-/m1/s1. The molecule has 1 aliphatic rings. The van der Waals surface area contributed by atoms with Gasteiger partial charge >= 0.3 is 11.7 Å². The molecule has 8 nitrogen and oxygen atoms in total. The van der Waals surface area contributed by atoms with Gasteiger partial charge in [0.2, 0.25) is 0 Å². The summed E-state index contributed by atoms with van der Waals surface area (Å²) in [5.41, 5.74) is -0.307. The fourth-order valence-corrected chi connectivity index (χ4v) is 3.26. The van der Waals surface area contributed by atoms with Crippen LogP contribution >= 0.6 is 0 Å². The van der Waals surface area contributed by atoms with Gasteiger partial charge in [0.1, 0.15) is 0 Å². The third-order valence-corrected chi connectivity index (χ3v) is 4.50. The summed E-state index contributed by atoms with van der Waals surface area (Å²) in [6.07, 6.45) is 2.92. The number of esters is 1. The lowest BCUT2D eigenvalue weighted by Crippen LogP contribution is -2.49. The maximum Gasteiger partial charge on any atom is 0.338 e. The minimum absolute atomic E-state index is 0.00712. The molecule has 26 heavy (non-hydrogen) atoms. The van der Waals surface area contributed by atoms with E-state index in [2.05, 4.69) is 0 Å². The van der Waals surface area contributed by atoms with Crippen LogP contribution in [0.25, 0.3) is 0 Å². The molecule has 1 fully saturated rings. The number of carbonyl (C=O) groups excluding carboxylic acids is 2. The van der Waals surface area contributed by atoms with Crippen LogP contribution in [-0.4, -0.2) is 47.0 Å². The number of carbonyl (C=O) groups is 2. The SMILES string of the molecule is CCOc1ccc(C(=O)OCC(=O)N2[C@H](C)CCC[C@H]2C)cc1[N+](=O)[O-]. The number of nitro benzene ring substituents is 1. The van der Waals surface area contributed by atoms with E-state index in [1.807, 2.05) is 13.8 Å². The summed E-state index contributed by atoms with van der Waals surface area (Å²) in [5, 5.41) is 11.1. The second-order valence-electron chi connectivity index (χ2n) is 6.38. The van der Waals surface area contributed by atoms with E-state index in [1.165, 1.54) is 12.1 Å². The van der Waals surface area contributed by atoms with Gasteiger partial charge in [0.05, 0.1) is 17.1 Å². The molecule has 1 aromatic carbocycles. The van der Waals surface area contributed by atoms with E-state index in [0.717, 1.165) is 25.3 Å². The number of amides is 1. The van der Waals surface area contributed by atoms with Gasteiger partial charge in [-0.25, -0.2) is 4.79 Å².